The third kappa shape index (κ3) is 4.21. The summed E-state index contributed by atoms with van der Waals surface area (Å²) in [5.74, 6) is 0.0620. The van der Waals surface area contributed by atoms with Gasteiger partial charge in [-0.3, -0.25) is 20.2 Å². The first-order valence-electron chi connectivity index (χ1n) is 9.70. The first-order chi connectivity index (χ1) is 15.9. The third-order valence-corrected chi connectivity index (χ3v) is 5.01. The Bertz CT molecular complexity index is 1350. The normalized spacial score (nSPS) is 10.7. The maximum absolute atomic E-state index is 11.8. The smallest absolute Gasteiger partial charge is 0.323 e. The molecule has 1 aromatic heterocycles. The van der Waals surface area contributed by atoms with E-state index in [0.717, 1.165) is 5.56 Å². The van der Waals surface area contributed by atoms with Crippen LogP contribution in [0.5, 0.6) is 5.75 Å². The van der Waals surface area contributed by atoms with Crippen molar-refractivity contribution in [3.05, 3.63) is 79.9 Å². The molecule has 2 N–H and O–H groups in total. The lowest BCUT2D eigenvalue weighted by Crippen LogP contribution is -2.05. The number of rotatable bonds is 8. The lowest BCUT2D eigenvalue weighted by molar-refractivity contribution is -0.385. The Hall–Kier alpha value is -4.74. The number of hydrogen-bond acceptors (Lipinski definition) is 10. The summed E-state index contributed by atoms with van der Waals surface area (Å²) >= 11 is 0. The average Bonchev–Trinajstić information content (AvgIpc) is 3.28. The van der Waals surface area contributed by atoms with Crippen molar-refractivity contribution in [2.75, 3.05) is 17.7 Å². The minimum absolute atomic E-state index is 0.0351. The van der Waals surface area contributed by atoms with Crippen LogP contribution >= 0.6 is 0 Å². The van der Waals surface area contributed by atoms with Crippen LogP contribution in [0.4, 0.5) is 28.4 Å². The number of aromatic nitrogens is 2. The summed E-state index contributed by atoms with van der Waals surface area (Å²) in [5, 5.41) is 36.8. The Morgan fingerprint density at radius 3 is 2.36 bits per heavy atom. The lowest BCUT2D eigenvalue weighted by atomic mass is 10.1. The van der Waals surface area contributed by atoms with Crippen LogP contribution in [0.3, 0.4) is 0 Å². The molecule has 0 saturated heterocycles. The monoisotopic (exact) mass is 450 g/mol. The summed E-state index contributed by atoms with van der Waals surface area (Å²) in [6.45, 7) is 2.02. The molecule has 0 bridgehead atoms. The van der Waals surface area contributed by atoms with Crippen LogP contribution in [0.2, 0.25) is 0 Å². The SMILES string of the molecule is COc1cc(Nc2cc(NCc3ccccc3)c([N+](=O)[O-])c3nonc23)c(C)cc1[N+](=O)[O-]. The van der Waals surface area contributed by atoms with Crippen molar-refractivity contribution in [3.63, 3.8) is 0 Å². The third-order valence-electron chi connectivity index (χ3n) is 5.01. The lowest BCUT2D eigenvalue weighted by Gasteiger charge is -2.14. The number of fused-ring (bicyclic) bond motifs is 1. The van der Waals surface area contributed by atoms with Gasteiger partial charge in [0.1, 0.15) is 5.69 Å². The second-order valence-electron chi connectivity index (χ2n) is 7.10. The molecule has 4 rings (SSSR count). The Morgan fingerprint density at radius 2 is 1.70 bits per heavy atom. The van der Waals surface area contributed by atoms with E-state index >= 15 is 0 Å². The largest absolute Gasteiger partial charge is 0.490 e. The number of methoxy groups -OCH3 is 1. The molecule has 0 spiro atoms. The molecule has 3 aromatic carbocycles. The van der Waals surface area contributed by atoms with Crippen LogP contribution in [0.15, 0.2) is 53.2 Å². The molecule has 1 heterocycles. The Balaban J connectivity index is 1.78. The molecular formula is C21H18N6O6. The van der Waals surface area contributed by atoms with Gasteiger partial charge in [-0.2, -0.15) is 0 Å². The standard InChI is InChI=1S/C21H18N6O6/c1-12-8-17(26(28)29)18(32-2)10-14(12)23-15-9-16(22-11-13-6-4-3-5-7-13)21(27(30)31)20-19(15)24-33-25-20/h3-10,22-23H,11H2,1-2H3. The van der Waals surface area contributed by atoms with E-state index in [9.17, 15) is 20.2 Å². The van der Waals surface area contributed by atoms with Crippen LogP contribution in [-0.4, -0.2) is 27.3 Å². The summed E-state index contributed by atoms with van der Waals surface area (Å²) in [7, 11) is 1.33. The summed E-state index contributed by atoms with van der Waals surface area (Å²) in [6.07, 6.45) is 0. The molecule has 4 aromatic rings. The molecular weight excluding hydrogens is 432 g/mol. The van der Waals surface area contributed by atoms with E-state index in [1.165, 1.54) is 25.3 Å². The topological polar surface area (TPSA) is 158 Å². The number of nitro groups is 2. The zero-order chi connectivity index (χ0) is 23.5. The molecule has 0 unspecified atom stereocenters. The molecule has 0 aliphatic carbocycles. The highest BCUT2D eigenvalue weighted by Crippen LogP contribution is 2.40. The molecule has 12 nitrogen and oxygen atoms in total. The van der Waals surface area contributed by atoms with E-state index in [0.29, 0.717) is 23.5 Å². The molecule has 0 radical (unpaired) electrons. The van der Waals surface area contributed by atoms with Gasteiger partial charge < -0.3 is 15.4 Å². The molecule has 0 atom stereocenters. The van der Waals surface area contributed by atoms with E-state index in [-0.39, 0.29) is 33.8 Å². The highest BCUT2D eigenvalue weighted by atomic mass is 16.6. The quantitative estimate of drug-likeness (QED) is 0.284. The fraction of sp³-hybridized carbons (Fsp3) is 0.143. The predicted molar refractivity (Wildman–Crippen MR) is 120 cm³/mol. The van der Waals surface area contributed by atoms with Crippen molar-refractivity contribution in [3.8, 4) is 5.75 Å². The number of aryl methyl sites for hydroxylation is 1. The van der Waals surface area contributed by atoms with Gasteiger partial charge in [-0.25, -0.2) is 4.63 Å². The van der Waals surface area contributed by atoms with Gasteiger partial charge >= 0.3 is 11.4 Å². The van der Waals surface area contributed by atoms with Crippen LogP contribution < -0.4 is 15.4 Å². The summed E-state index contributed by atoms with van der Waals surface area (Å²) in [6, 6.07) is 13.8. The van der Waals surface area contributed by atoms with Gasteiger partial charge in [-0.05, 0) is 34.4 Å². The maximum Gasteiger partial charge on any atom is 0.323 e. The van der Waals surface area contributed by atoms with E-state index in [2.05, 4.69) is 20.9 Å². The Labute approximate surface area is 186 Å². The van der Waals surface area contributed by atoms with Crippen LogP contribution in [0.25, 0.3) is 11.0 Å². The molecule has 0 aliphatic rings. The maximum atomic E-state index is 11.8. The molecule has 33 heavy (non-hydrogen) atoms. The van der Waals surface area contributed by atoms with Gasteiger partial charge in [0.2, 0.25) is 5.52 Å². The van der Waals surface area contributed by atoms with Gasteiger partial charge in [0.25, 0.3) is 0 Å². The molecule has 168 valence electrons. The van der Waals surface area contributed by atoms with Gasteiger partial charge in [-0.1, -0.05) is 30.3 Å². The van der Waals surface area contributed by atoms with E-state index in [1.807, 2.05) is 30.3 Å². The molecule has 12 heteroatoms. The fourth-order valence-electron chi connectivity index (χ4n) is 3.40. The van der Waals surface area contributed by atoms with Gasteiger partial charge in [-0.15, -0.1) is 0 Å². The van der Waals surface area contributed by atoms with Crippen molar-refractivity contribution in [2.45, 2.75) is 13.5 Å². The van der Waals surface area contributed by atoms with Crippen molar-refractivity contribution in [1.82, 2.24) is 10.3 Å². The van der Waals surface area contributed by atoms with Crippen molar-refractivity contribution >= 4 is 39.5 Å². The Kier molecular flexibility index (Phi) is 5.72. The highest BCUT2D eigenvalue weighted by Gasteiger charge is 2.26. The number of nitrogens with one attached hydrogen (secondary N) is 2. The van der Waals surface area contributed by atoms with Crippen molar-refractivity contribution in [2.24, 2.45) is 0 Å². The summed E-state index contributed by atoms with van der Waals surface area (Å²) in [5.41, 5.74) is 2.21. The number of anilines is 3. The summed E-state index contributed by atoms with van der Waals surface area (Å²) in [4.78, 5) is 22.0. The zero-order valence-corrected chi connectivity index (χ0v) is 17.6. The van der Waals surface area contributed by atoms with Crippen molar-refractivity contribution in [1.29, 1.82) is 0 Å². The number of ether oxygens (including phenoxy) is 1. The molecule has 0 aliphatic heterocycles. The summed E-state index contributed by atoms with van der Waals surface area (Å²) < 4.78 is 9.94. The van der Waals surface area contributed by atoms with E-state index < -0.39 is 9.85 Å². The average molecular weight is 450 g/mol. The predicted octanol–water partition coefficient (Wildman–Crippen LogP) is 4.71. The van der Waals surface area contributed by atoms with E-state index in [4.69, 9.17) is 9.37 Å². The molecule has 0 fully saturated rings. The van der Waals surface area contributed by atoms with E-state index in [1.54, 1.807) is 6.92 Å². The molecule has 0 saturated carbocycles. The van der Waals surface area contributed by atoms with Crippen LogP contribution in [0.1, 0.15) is 11.1 Å². The van der Waals surface area contributed by atoms with Gasteiger partial charge in [0, 0.05) is 24.4 Å². The fourth-order valence-corrected chi connectivity index (χ4v) is 3.40. The first-order valence-corrected chi connectivity index (χ1v) is 9.70. The molecule has 0 amide bonds. The highest BCUT2D eigenvalue weighted by molar-refractivity contribution is 6.00. The number of nitrogens with zero attached hydrogens (tertiary/aromatic N) is 4. The van der Waals surface area contributed by atoms with Gasteiger partial charge in [0.15, 0.2) is 11.3 Å². The first kappa shape index (κ1) is 21.5. The second-order valence-corrected chi connectivity index (χ2v) is 7.10. The van der Waals surface area contributed by atoms with Crippen molar-refractivity contribution < 1.29 is 19.2 Å². The van der Waals surface area contributed by atoms with Gasteiger partial charge in [0.05, 0.1) is 22.6 Å². The number of hydrogen-bond donors (Lipinski definition) is 2. The minimum atomic E-state index is -0.552. The Morgan fingerprint density at radius 1 is 0.970 bits per heavy atom. The minimum Gasteiger partial charge on any atom is -0.490 e. The van der Waals surface area contributed by atoms with Crippen LogP contribution in [0, 0.1) is 27.2 Å². The second kappa shape index (κ2) is 8.78. The number of benzene rings is 3. The van der Waals surface area contributed by atoms with Crippen LogP contribution in [-0.2, 0) is 6.54 Å². The number of nitro benzene ring substituents is 2. The zero-order valence-electron chi connectivity index (χ0n) is 17.6.